The smallest absolute Gasteiger partial charge is 0.372 e. The molecule has 2 heterocycles. The number of rotatable bonds is 2. The number of carbonyl (C=O) groups excluding carboxylic acids is 1. The highest BCUT2D eigenvalue weighted by Crippen LogP contribution is 2.39. The van der Waals surface area contributed by atoms with E-state index in [0.29, 0.717) is 6.42 Å². The van der Waals surface area contributed by atoms with Crippen molar-refractivity contribution in [3.8, 4) is 0 Å². The number of carbonyl (C=O) groups is 2. The number of ether oxygens (including phenoxy) is 1. The van der Waals surface area contributed by atoms with Crippen molar-refractivity contribution in [2.75, 3.05) is 0 Å². The molecule has 0 aromatic carbocycles. The standard InChI is InChI=1S/C8H10O4/c9-7(8(10)11)5-3-4-1-2-6(5)12-4/h4-6H,1-3H2,(H,10,11). The van der Waals surface area contributed by atoms with Crippen molar-refractivity contribution >= 4 is 11.8 Å². The molecule has 2 rings (SSSR count). The number of aliphatic carboxylic acids is 1. The number of Topliss-reactive ketones (excluding diaryl/α,β-unsaturated/α-hetero) is 1. The van der Waals surface area contributed by atoms with Gasteiger partial charge in [0.25, 0.3) is 0 Å². The minimum atomic E-state index is -1.32. The maximum atomic E-state index is 11.1. The Kier molecular flexibility index (Phi) is 1.65. The molecule has 0 amide bonds. The highest BCUT2D eigenvalue weighted by Gasteiger charge is 2.46. The SMILES string of the molecule is O=C(O)C(=O)C1CC2CCC1O2. The van der Waals surface area contributed by atoms with Crippen LogP contribution >= 0.6 is 0 Å². The van der Waals surface area contributed by atoms with Gasteiger partial charge in [-0.05, 0) is 19.3 Å². The maximum Gasteiger partial charge on any atom is 0.372 e. The first-order chi connectivity index (χ1) is 5.68. The number of hydrogen-bond donors (Lipinski definition) is 1. The Bertz CT molecular complexity index is 235. The van der Waals surface area contributed by atoms with Gasteiger partial charge in [-0.1, -0.05) is 0 Å². The zero-order valence-corrected chi connectivity index (χ0v) is 6.53. The van der Waals surface area contributed by atoms with Crippen LogP contribution in [0.25, 0.3) is 0 Å². The third-order valence-corrected chi connectivity index (χ3v) is 2.65. The van der Waals surface area contributed by atoms with Crippen LogP contribution < -0.4 is 0 Å². The first kappa shape index (κ1) is 7.73. The van der Waals surface area contributed by atoms with E-state index in [0.717, 1.165) is 12.8 Å². The summed E-state index contributed by atoms with van der Waals surface area (Å²) in [5, 5.41) is 8.47. The Balaban J connectivity index is 2.07. The largest absolute Gasteiger partial charge is 0.475 e. The van der Waals surface area contributed by atoms with E-state index in [1.165, 1.54) is 0 Å². The number of carboxylic acid groups (broad SMARTS) is 1. The molecule has 0 aliphatic carbocycles. The minimum Gasteiger partial charge on any atom is -0.475 e. The van der Waals surface area contributed by atoms with E-state index < -0.39 is 11.8 Å². The van der Waals surface area contributed by atoms with Crippen LogP contribution in [-0.2, 0) is 14.3 Å². The fourth-order valence-electron chi connectivity index (χ4n) is 2.07. The molecule has 0 aromatic heterocycles. The molecular weight excluding hydrogens is 160 g/mol. The molecule has 2 aliphatic rings. The quantitative estimate of drug-likeness (QED) is 0.601. The molecule has 2 bridgehead atoms. The summed E-state index contributed by atoms with van der Waals surface area (Å²) in [6, 6.07) is 0. The predicted octanol–water partition coefficient (Wildman–Crippen LogP) is 0.208. The molecule has 2 aliphatic heterocycles. The summed E-state index contributed by atoms with van der Waals surface area (Å²) in [4.78, 5) is 21.4. The summed E-state index contributed by atoms with van der Waals surface area (Å²) < 4.78 is 5.37. The fraction of sp³-hybridized carbons (Fsp3) is 0.750. The number of carboxylic acids is 1. The van der Waals surface area contributed by atoms with Gasteiger partial charge < -0.3 is 9.84 Å². The molecule has 2 fully saturated rings. The number of ketones is 1. The van der Waals surface area contributed by atoms with Crippen molar-refractivity contribution in [2.24, 2.45) is 5.92 Å². The first-order valence-electron chi connectivity index (χ1n) is 4.11. The van der Waals surface area contributed by atoms with E-state index >= 15 is 0 Å². The lowest BCUT2D eigenvalue weighted by Crippen LogP contribution is -2.30. The van der Waals surface area contributed by atoms with Crippen molar-refractivity contribution < 1.29 is 19.4 Å². The van der Waals surface area contributed by atoms with Gasteiger partial charge in [0, 0.05) is 0 Å². The van der Waals surface area contributed by atoms with E-state index in [-0.39, 0.29) is 18.1 Å². The zero-order chi connectivity index (χ0) is 8.72. The molecule has 0 radical (unpaired) electrons. The summed E-state index contributed by atoms with van der Waals surface area (Å²) in [6.45, 7) is 0. The monoisotopic (exact) mass is 170 g/mol. The summed E-state index contributed by atoms with van der Waals surface area (Å²) in [5.74, 6) is -2.38. The van der Waals surface area contributed by atoms with Gasteiger partial charge in [0.05, 0.1) is 18.1 Å². The molecule has 2 saturated heterocycles. The van der Waals surface area contributed by atoms with Crippen LogP contribution in [-0.4, -0.2) is 29.1 Å². The summed E-state index contributed by atoms with van der Waals surface area (Å²) in [7, 11) is 0. The van der Waals surface area contributed by atoms with E-state index in [2.05, 4.69) is 0 Å². The molecule has 66 valence electrons. The molecule has 4 heteroatoms. The summed E-state index contributed by atoms with van der Waals surface area (Å²) >= 11 is 0. The summed E-state index contributed by atoms with van der Waals surface area (Å²) in [5.41, 5.74) is 0. The lowest BCUT2D eigenvalue weighted by molar-refractivity contribution is -0.151. The van der Waals surface area contributed by atoms with Crippen LogP contribution in [0.4, 0.5) is 0 Å². The Labute approximate surface area is 69.5 Å². The highest BCUT2D eigenvalue weighted by molar-refractivity contribution is 6.33. The van der Waals surface area contributed by atoms with Crippen molar-refractivity contribution in [3.63, 3.8) is 0 Å². The Morgan fingerprint density at radius 2 is 2.08 bits per heavy atom. The third kappa shape index (κ3) is 1.03. The summed E-state index contributed by atoms with van der Waals surface area (Å²) in [6.07, 6.45) is 2.46. The lowest BCUT2D eigenvalue weighted by Gasteiger charge is -2.14. The van der Waals surface area contributed by atoms with Gasteiger partial charge in [0.2, 0.25) is 5.78 Å². The van der Waals surface area contributed by atoms with E-state index in [1.807, 2.05) is 0 Å². The molecule has 1 N–H and O–H groups in total. The number of fused-ring (bicyclic) bond motifs is 2. The Morgan fingerprint density at radius 3 is 2.50 bits per heavy atom. The second kappa shape index (κ2) is 2.55. The van der Waals surface area contributed by atoms with E-state index in [4.69, 9.17) is 9.84 Å². The van der Waals surface area contributed by atoms with E-state index in [9.17, 15) is 9.59 Å². The molecule has 3 atom stereocenters. The zero-order valence-electron chi connectivity index (χ0n) is 6.53. The van der Waals surface area contributed by atoms with Gasteiger partial charge in [-0.15, -0.1) is 0 Å². The Morgan fingerprint density at radius 1 is 1.33 bits per heavy atom. The van der Waals surface area contributed by atoms with Crippen LogP contribution in [0.5, 0.6) is 0 Å². The molecule has 4 nitrogen and oxygen atoms in total. The minimum absolute atomic E-state index is 0.112. The van der Waals surface area contributed by atoms with Gasteiger partial charge in [-0.25, -0.2) is 4.79 Å². The van der Waals surface area contributed by atoms with Crippen molar-refractivity contribution in [1.29, 1.82) is 0 Å². The molecular formula is C8H10O4. The maximum absolute atomic E-state index is 11.1. The topological polar surface area (TPSA) is 63.6 Å². The Hall–Kier alpha value is -0.900. The van der Waals surface area contributed by atoms with Crippen LogP contribution in [0, 0.1) is 5.92 Å². The van der Waals surface area contributed by atoms with Gasteiger partial charge >= 0.3 is 5.97 Å². The fourth-order valence-corrected chi connectivity index (χ4v) is 2.07. The van der Waals surface area contributed by atoms with Gasteiger partial charge in [-0.3, -0.25) is 4.79 Å². The van der Waals surface area contributed by atoms with Crippen LogP contribution in [0.2, 0.25) is 0 Å². The highest BCUT2D eigenvalue weighted by atomic mass is 16.5. The van der Waals surface area contributed by atoms with Crippen molar-refractivity contribution in [3.05, 3.63) is 0 Å². The lowest BCUT2D eigenvalue weighted by atomic mass is 9.86. The van der Waals surface area contributed by atoms with Gasteiger partial charge in [0.15, 0.2) is 0 Å². The predicted molar refractivity (Wildman–Crippen MR) is 38.6 cm³/mol. The molecule has 12 heavy (non-hydrogen) atoms. The van der Waals surface area contributed by atoms with E-state index in [1.54, 1.807) is 0 Å². The third-order valence-electron chi connectivity index (χ3n) is 2.65. The van der Waals surface area contributed by atoms with Crippen molar-refractivity contribution in [1.82, 2.24) is 0 Å². The average Bonchev–Trinajstić information content (AvgIpc) is 2.62. The van der Waals surface area contributed by atoms with Crippen LogP contribution in [0.1, 0.15) is 19.3 Å². The number of hydrogen-bond acceptors (Lipinski definition) is 3. The molecule has 0 spiro atoms. The second-order valence-corrected chi connectivity index (χ2v) is 3.39. The van der Waals surface area contributed by atoms with Crippen LogP contribution in [0.3, 0.4) is 0 Å². The normalized spacial score (nSPS) is 38.5. The second-order valence-electron chi connectivity index (χ2n) is 3.39. The molecule has 0 aromatic rings. The van der Waals surface area contributed by atoms with Crippen molar-refractivity contribution in [2.45, 2.75) is 31.5 Å². The van der Waals surface area contributed by atoms with Crippen LogP contribution in [0.15, 0.2) is 0 Å². The molecule has 0 saturated carbocycles. The first-order valence-corrected chi connectivity index (χ1v) is 4.11. The van der Waals surface area contributed by atoms with Gasteiger partial charge in [-0.2, -0.15) is 0 Å². The average molecular weight is 170 g/mol. The van der Waals surface area contributed by atoms with Gasteiger partial charge in [0.1, 0.15) is 0 Å². The molecule has 3 unspecified atom stereocenters.